The maximum Gasteiger partial charge on any atom is 0.202 e. The molecule has 1 aliphatic rings. The summed E-state index contributed by atoms with van der Waals surface area (Å²) in [5.41, 5.74) is 9.05. The summed E-state index contributed by atoms with van der Waals surface area (Å²) < 4.78 is 4.08. The summed E-state index contributed by atoms with van der Waals surface area (Å²) in [4.78, 5) is 4.46. The summed E-state index contributed by atoms with van der Waals surface area (Å²) in [5.74, 6) is 1.42. The van der Waals surface area contributed by atoms with Crippen LogP contribution in [0, 0.1) is 12.8 Å². The molecule has 2 heterocycles. The maximum absolute atomic E-state index is 6.07. The van der Waals surface area contributed by atoms with Crippen molar-refractivity contribution in [2.45, 2.75) is 39.2 Å². The van der Waals surface area contributed by atoms with Crippen LogP contribution in [0.2, 0.25) is 0 Å². The van der Waals surface area contributed by atoms with Gasteiger partial charge in [-0.3, -0.25) is 9.25 Å². The van der Waals surface area contributed by atoms with Gasteiger partial charge in [0, 0.05) is 13.1 Å². The Balaban J connectivity index is 2.18. The van der Waals surface area contributed by atoms with E-state index in [4.69, 9.17) is 5.73 Å². The van der Waals surface area contributed by atoms with E-state index >= 15 is 0 Å². The van der Waals surface area contributed by atoms with Crippen LogP contribution in [0.1, 0.15) is 37.9 Å². The van der Waals surface area contributed by atoms with E-state index in [9.17, 15) is 0 Å². The number of rotatable bonds is 1. The van der Waals surface area contributed by atoms with Gasteiger partial charge in [-0.05, 0) is 32.1 Å². The third-order valence-corrected chi connectivity index (χ3v) is 3.89. The average molecular weight is 233 g/mol. The highest BCUT2D eigenvalue weighted by atomic mass is 15.4. The predicted molar refractivity (Wildman–Crippen MR) is 67.7 cm³/mol. The number of aryl methyl sites for hydroxylation is 2. The molecule has 0 aromatic carbocycles. The third-order valence-electron chi connectivity index (χ3n) is 3.89. The molecule has 2 aromatic rings. The Kier molecular flexibility index (Phi) is 2.18. The molecule has 5 nitrogen and oxygen atoms in total. The summed E-state index contributed by atoms with van der Waals surface area (Å²) >= 11 is 0. The van der Waals surface area contributed by atoms with Gasteiger partial charge in [0.05, 0.1) is 5.69 Å². The second-order valence-corrected chi connectivity index (χ2v) is 5.29. The minimum absolute atomic E-state index is 0.491. The quantitative estimate of drug-likeness (QED) is 0.819. The lowest BCUT2D eigenvalue weighted by Gasteiger charge is -2.14. The number of imidazole rings is 1. The Bertz CT molecular complexity index is 565. The number of nitrogen functional groups attached to an aromatic ring is 1. The van der Waals surface area contributed by atoms with E-state index in [1.807, 2.05) is 18.7 Å². The summed E-state index contributed by atoms with van der Waals surface area (Å²) in [7, 11) is 1.96. The zero-order chi connectivity index (χ0) is 12.2. The van der Waals surface area contributed by atoms with Gasteiger partial charge in [0.1, 0.15) is 5.52 Å². The van der Waals surface area contributed by atoms with Crippen LogP contribution >= 0.6 is 0 Å². The van der Waals surface area contributed by atoms with E-state index in [2.05, 4.69) is 21.6 Å². The van der Waals surface area contributed by atoms with Gasteiger partial charge in [-0.25, -0.2) is 4.98 Å². The van der Waals surface area contributed by atoms with E-state index in [0.717, 1.165) is 22.8 Å². The van der Waals surface area contributed by atoms with Gasteiger partial charge in [0.2, 0.25) is 5.95 Å². The van der Waals surface area contributed by atoms with Gasteiger partial charge < -0.3 is 5.73 Å². The van der Waals surface area contributed by atoms with E-state index in [0.29, 0.717) is 12.0 Å². The molecule has 1 saturated carbocycles. The molecule has 0 bridgehead atoms. The average Bonchev–Trinajstić information content (AvgIpc) is 2.87. The van der Waals surface area contributed by atoms with Gasteiger partial charge in [-0.15, -0.1) is 0 Å². The second kappa shape index (κ2) is 3.48. The number of anilines is 1. The van der Waals surface area contributed by atoms with Crippen molar-refractivity contribution in [2.75, 3.05) is 5.73 Å². The van der Waals surface area contributed by atoms with Crippen molar-refractivity contribution in [1.82, 2.24) is 19.3 Å². The van der Waals surface area contributed by atoms with Gasteiger partial charge >= 0.3 is 0 Å². The summed E-state index contributed by atoms with van der Waals surface area (Å²) in [6, 6.07) is 0.491. The van der Waals surface area contributed by atoms with Gasteiger partial charge in [0.25, 0.3) is 0 Å². The fourth-order valence-electron chi connectivity index (χ4n) is 3.08. The molecule has 3 rings (SSSR count). The molecule has 0 aliphatic heterocycles. The normalized spacial score (nSPS) is 24.9. The van der Waals surface area contributed by atoms with Gasteiger partial charge in [0.15, 0.2) is 5.65 Å². The summed E-state index contributed by atoms with van der Waals surface area (Å²) in [6.45, 7) is 4.29. The third kappa shape index (κ3) is 1.45. The summed E-state index contributed by atoms with van der Waals surface area (Å²) in [5, 5.41) is 4.42. The van der Waals surface area contributed by atoms with Gasteiger partial charge in [-0.2, -0.15) is 5.10 Å². The van der Waals surface area contributed by atoms with Crippen molar-refractivity contribution in [3.05, 3.63) is 5.69 Å². The molecule has 0 spiro atoms. The first-order valence-electron chi connectivity index (χ1n) is 6.25. The number of nitrogens with zero attached hydrogens (tertiary/aromatic N) is 4. The van der Waals surface area contributed by atoms with Crippen LogP contribution in [0.25, 0.3) is 11.2 Å². The Morgan fingerprint density at radius 3 is 2.76 bits per heavy atom. The highest BCUT2D eigenvalue weighted by Gasteiger charge is 2.27. The fraction of sp³-hybridized carbons (Fsp3) is 0.667. The lowest BCUT2D eigenvalue weighted by Crippen LogP contribution is -2.11. The standard InChI is InChI=1S/C12H19N5/c1-7-4-5-9(6-7)17-11-10(14-12(17)13)8(2)15-16(11)3/h7,9H,4-6H2,1-3H3,(H2,13,14). The molecule has 2 N–H and O–H groups in total. The Morgan fingerprint density at radius 2 is 2.12 bits per heavy atom. The first-order chi connectivity index (χ1) is 8.08. The van der Waals surface area contributed by atoms with Crippen LogP contribution in [0.3, 0.4) is 0 Å². The smallest absolute Gasteiger partial charge is 0.202 e. The molecule has 17 heavy (non-hydrogen) atoms. The van der Waals surface area contributed by atoms with Crippen molar-refractivity contribution in [3.8, 4) is 0 Å². The lowest BCUT2D eigenvalue weighted by atomic mass is 10.1. The van der Waals surface area contributed by atoms with Crippen LogP contribution < -0.4 is 5.73 Å². The van der Waals surface area contributed by atoms with Crippen LogP contribution in [0.15, 0.2) is 0 Å². The van der Waals surface area contributed by atoms with Crippen LogP contribution in [-0.2, 0) is 7.05 Å². The maximum atomic E-state index is 6.07. The molecule has 2 atom stereocenters. The summed E-state index contributed by atoms with van der Waals surface area (Å²) in [6.07, 6.45) is 3.67. The topological polar surface area (TPSA) is 61.7 Å². The zero-order valence-electron chi connectivity index (χ0n) is 10.6. The number of nitrogens with two attached hydrogens (primary N) is 1. The Morgan fingerprint density at radius 1 is 1.35 bits per heavy atom. The van der Waals surface area contributed by atoms with Crippen molar-refractivity contribution < 1.29 is 0 Å². The zero-order valence-corrected chi connectivity index (χ0v) is 10.6. The highest BCUT2D eigenvalue weighted by Crippen LogP contribution is 2.37. The largest absolute Gasteiger partial charge is 0.369 e. The number of aromatic nitrogens is 4. The van der Waals surface area contributed by atoms with Crippen molar-refractivity contribution >= 4 is 17.1 Å². The van der Waals surface area contributed by atoms with E-state index in [1.54, 1.807) is 0 Å². The first kappa shape index (κ1) is 10.6. The second-order valence-electron chi connectivity index (χ2n) is 5.29. The fourth-order valence-corrected chi connectivity index (χ4v) is 3.08. The number of hydrogen-bond acceptors (Lipinski definition) is 3. The molecular formula is C12H19N5. The SMILES string of the molecule is Cc1nn(C)c2c1nc(N)n2C1CCC(C)C1. The van der Waals surface area contributed by atoms with Crippen LogP contribution in [0.4, 0.5) is 5.95 Å². The Labute approximate surface area is 101 Å². The molecule has 1 fully saturated rings. The monoisotopic (exact) mass is 233 g/mol. The number of hydrogen-bond donors (Lipinski definition) is 1. The number of fused-ring (bicyclic) bond motifs is 1. The molecule has 0 amide bonds. The Hall–Kier alpha value is -1.52. The molecule has 1 aliphatic carbocycles. The molecule has 92 valence electrons. The van der Waals surface area contributed by atoms with E-state index < -0.39 is 0 Å². The molecular weight excluding hydrogens is 214 g/mol. The molecule has 2 aromatic heterocycles. The molecule has 2 unspecified atom stereocenters. The molecule has 0 saturated heterocycles. The molecule has 0 radical (unpaired) electrons. The van der Waals surface area contributed by atoms with Gasteiger partial charge in [-0.1, -0.05) is 6.92 Å². The first-order valence-corrected chi connectivity index (χ1v) is 6.25. The van der Waals surface area contributed by atoms with Crippen LogP contribution in [-0.4, -0.2) is 19.3 Å². The minimum Gasteiger partial charge on any atom is -0.369 e. The van der Waals surface area contributed by atoms with E-state index in [-0.39, 0.29) is 0 Å². The van der Waals surface area contributed by atoms with Crippen molar-refractivity contribution in [2.24, 2.45) is 13.0 Å². The van der Waals surface area contributed by atoms with Crippen LogP contribution in [0.5, 0.6) is 0 Å². The minimum atomic E-state index is 0.491. The van der Waals surface area contributed by atoms with E-state index in [1.165, 1.54) is 19.3 Å². The highest BCUT2D eigenvalue weighted by molar-refractivity contribution is 5.77. The lowest BCUT2D eigenvalue weighted by molar-refractivity contribution is 0.501. The van der Waals surface area contributed by atoms with Crippen molar-refractivity contribution in [3.63, 3.8) is 0 Å². The van der Waals surface area contributed by atoms with Crippen molar-refractivity contribution in [1.29, 1.82) is 0 Å². The molecule has 5 heteroatoms. The predicted octanol–water partition coefficient (Wildman–Crippen LogP) is 2.02.